The normalized spacial score (nSPS) is 12.4. The van der Waals surface area contributed by atoms with Crippen molar-refractivity contribution >= 4 is 16.7 Å². The molecule has 1 atom stereocenters. The summed E-state index contributed by atoms with van der Waals surface area (Å²) in [5.41, 5.74) is 5.82. The fraction of sp³-hybridized carbons (Fsp3) is 0.0909. The Morgan fingerprint density at radius 1 is 1.03 bits per heavy atom. The molecule has 4 aromatic rings. The highest BCUT2D eigenvalue weighted by molar-refractivity contribution is 5.98. The maximum absolute atomic E-state index is 11.2. The first-order chi connectivity index (χ1) is 18.0. The standard InChI is InChI=1S/C33H28N2O2/c1-3-5-9-24(4-2)32(35-22-23-14-16-26(17-15-23)33(36)37)27-18-19-28(21-34)31(20-27)30-13-8-11-25-10-6-7-12-29(25)30/h3-20,32,35H,1,22H2,2H3,(H,36,37)/b9-5-,24-4+. The van der Waals surface area contributed by atoms with Gasteiger partial charge in [-0.25, -0.2) is 4.79 Å². The molecule has 1 unspecified atom stereocenters. The minimum absolute atomic E-state index is 0.165. The van der Waals surface area contributed by atoms with E-state index in [1.807, 2.05) is 61.5 Å². The molecule has 0 heterocycles. The van der Waals surface area contributed by atoms with Gasteiger partial charge in [0.1, 0.15) is 0 Å². The molecule has 182 valence electrons. The number of nitriles is 1. The van der Waals surface area contributed by atoms with Gasteiger partial charge in [-0.3, -0.25) is 0 Å². The number of hydrogen-bond donors (Lipinski definition) is 2. The number of carboxylic acid groups (broad SMARTS) is 1. The molecule has 0 bridgehead atoms. The molecule has 37 heavy (non-hydrogen) atoms. The van der Waals surface area contributed by atoms with E-state index < -0.39 is 5.97 Å². The summed E-state index contributed by atoms with van der Waals surface area (Å²) in [6, 6.07) is 29.4. The van der Waals surface area contributed by atoms with Crippen LogP contribution >= 0.6 is 0 Å². The number of aromatic carboxylic acids is 1. The summed E-state index contributed by atoms with van der Waals surface area (Å²) in [7, 11) is 0. The van der Waals surface area contributed by atoms with Gasteiger partial charge < -0.3 is 10.4 Å². The molecule has 0 aliphatic carbocycles. The lowest BCUT2D eigenvalue weighted by Gasteiger charge is -2.22. The number of hydrogen-bond acceptors (Lipinski definition) is 3. The zero-order valence-corrected chi connectivity index (χ0v) is 20.7. The summed E-state index contributed by atoms with van der Waals surface area (Å²) in [5.74, 6) is -0.943. The second kappa shape index (κ2) is 11.8. The zero-order valence-electron chi connectivity index (χ0n) is 20.7. The molecule has 4 nitrogen and oxygen atoms in total. The van der Waals surface area contributed by atoms with E-state index in [9.17, 15) is 15.2 Å². The number of carbonyl (C=O) groups is 1. The van der Waals surface area contributed by atoms with Crippen molar-refractivity contribution in [1.82, 2.24) is 5.32 Å². The lowest BCUT2D eigenvalue weighted by atomic mass is 9.90. The molecule has 4 rings (SSSR count). The average Bonchev–Trinajstić information content (AvgIpc) is 2.94. The lowest BCUT2D eigenvalue weighted by Crippen LogP contribution is -2.22. The third-order valence-corrected chi connectivity index (χ3v) is 6.38. The van der Waals surface area contributed by atoms with Crippen molar-refractivity contribution in [3.8, 4) is 17.2 Å². The number of benzene rings is 4. The fourth-order valence-corrected chi connectivity index (χ4v) is 4.47. The van der Waals surface area contributed by atoms with E-state index in [1.54, 1.807) is 18.2 Å². The van der Waals surface area contributed by atoms with E-state index in [0.29, 0.717) is 12.1 Å². The quantitative estimate of drug-likeness (QED) is 0.240. The molecule has 4 heteroatoms. The molecule has 0 amide bonds. The van der Waals surface area contributed by atoms with Crippen LogP contribution in [0.15, 0.2) is 121 Å². The van der Waals surface area contributed by atoms with E-state index in [4.69, 9.17) is 0 Å². The second-order valence-corrected chi connectivity index (χ2v) is 8.64. The van der Waals surface area contributed by atoms with Crippen LogP contribution in [-0.4, -0.2) is 11.1 Å². The Bertz CT molecular complexity index is 1530. The van der Waals surface area contributed by atoms with Crippen LogP contribution in [0.3, 0.4) is 0 Å². The monoisotopic (exact) mass is 484 g/mol. The highest BCUT2D eigenvalue weighted by atomic mass is 16.4. The summed E-state index contributed by atoms with van der Waals surface area (Å²) in [5, 5.41) is 25.0. The molecule has 4 aromatic carbocycles. The summed E-state index contributed by atoms with van der Waals surface area (Å²) < 4.78 is 0. The van der Waals surface area contributed by atoms with Crippen LogP contribution in [0.25, 0.3) is 21.9 Å². The predicted octanol–water partition coefficient (Wildman–Crippen LogP) is 7.60. The number of allylic oxidation sites excluding steroid dienone is 3. The van der Waals surface area contributed by atoms with Crippen molar-refractivity contribution in [2.75, 3.05) is 0 Å². The smallest absolute Gasteiger partial charge is 0.335 e. The van der Waals surface area contributed by atoms with Crippen molar-refractivity contribution in [3.05, 3.63) is 144 Å². The maximum Gasteiger partial charge on any atom is 0.335 e. The summed E-state index contributed by atoms with van der Waals surface area (Å²) in [6.45, 7) is 6.33. The van der Waals surface area contributed by atoms with Gasteiger partial charge in [-0.2, -0.15) is 5.26 Å². The Morgan fingerprint density at radius 3 is 2.49 bits per heavy atom. The molecule has 0 radical (unpaired) electrons. The summed E-state index contributed by atoms with van der Waals surface area (Å²) >= 11 is 0. The molecule has 0 saturated heterocycles. The van der Waals surface area contributed by atoms with Crippen LogP contribution in [0.1, 0.15) is 40.0 Å². The van der Waals surface area contributed by atoms with Gasteiger partial charge in [0, 0.05) is 12.1 Å². The van der Waals surface area contributed by atoms with Crippen molar-refractivity contribution in [2.45, 2.75) is 19.5 Å². The average molecular weight is 485 g/mol. The molecule has 2 N–H and O–H groups in total. The Kier molecular flexibility index (Phi) is 8.10. The Morgan fingerprint density at radius 2 is 1.78 bits per heavy atom. The van der Waals surface area contributed by atoms with E-state index in [2.05, 4.69) is 54.4 Å². The Hall–Kier alpha value is -4.72. The summed E-state index contributed by atoms with van der Waals surface area (Å²) in [4.78, 5) is 11.2. The van der Waals surface area contributed by atoms with Crippen LogP contribution in [0.5, 0.6) is 0 Å². The highest BCUT2D eigenvalue weighted by Gasteiger charge is 2.18. The molecule has 0 fully saturated rings. The largest absolute Gasteiger partial charge is 0.478 e. The molecule has 0 aromatic heterocycles. The minimum Gasteiger partial charge on any atom is -0.478 e. The van der Waals surface area contributed by atoms with Gasteiger partial charge in [-0.05, 0) is 64.2 Å². The van der Waals surface area contributed by atoms with E-state index in [1.165, 1.54) is 0 Å². The maximum atomic E-state index is 11.2. The van der Waals surface area contributed by atoms with Gasteiger partial charge in [0.15, 0.2) is 0 Å². The van der Waals surface area contributed by atoms with Gasteiger partial charge in [0.2, 0.25) is 0 Å². The molecular weight excluding hydrogens is 456 g/mol. The van der Waals surface area contributed by atoms with Crippen LogP contribution in [0, 0.1) is 11.3 Å². The number of fused-ring (bicyclic) bond motifs is 1. The van der Waals surface area contributed by atoms with E-state index >= 15 is 0 Å². The number of nitrogens with zero attached hydrogens (tertiary/aromatic N) is 1. The van der Waals surface area contributed by atoms with Gasteiger partial charge in [0.05, 0.1) is 23.2 Å². The SMILES string of the molecule is C=C/C=C\C(=C/C)C(NCc1ccc(C(=O)O)cc1)c1ccc(C#N)c(-c2cccc3ccccc23)c1. The minimum atomic E-state index is -0.943. The Labute approximate surface area is 217 Å². The van der Waals surface area contributed by atoms with E-state index in [-0.39, 0.29) is 11.6 Å². The van der Waals surface area contributed by atoms with Crippen LogP contribution in [-0.2, 0) is 6.54 Å². The molecule has 0 aliphatic rings. The van der Waals surface area contributed by atoms with Crippen LogP contribution in [0.4, 0.5) is 0 Å². The fourth-order valence-electron chi connectivity index (χ4n) is 4.47. The van der Waals surface area contributed by atoms with Crippen LogP contribution < -0.4 is 5.32 Å². The molecule has 0 spiro atoms. The lowest BCUT2D eigenvalue weighted by molar-refractivity contribution is 0.0697. The predicted molar refractivity (Wildman–Crippen MR) is 150 cm³/mol. The number of carboxylic acids is 1. The first-order valence-electron chi connectivity index (χ1n) is 12.1. The third-order valence-electron chi connectivity index (χ3n) is 6.38. The number of rotatable bonds is 9. The number of nitrogens with one attached hydrogen (secondary N) is 1. The van der Waals surface area contributed by atoms with Gasteiger partial charge in [-0.1, -0.05) is 91.5 Å². The van der Waals surface area contributed by atoms with Gasteiger partial charge >= 0.3 is 5.97 Å². The van der Waals surface area contributed by atoms with Gasteiger partial charge in [0.25, 0.3) is 0 Å². The van der Waals surface area contributed by atoms with Gasteiger partial charge in [-0.15, -0.1) is 0 Å². The second-order valence-electron chi connectivity index (χ2n) is 8.64. The molecular formula is C33H28N2O2. The molecule has 0 aliphatic heterocycles. The van der Waals surface area contributed by atoms with Crippen LogP contribution in [0.2, 0.25) is 0 Å². The van der Waals surface area contributed by atoms with Crippen molar-refractivity contribution in [1.29, 1.82) is 5.26 Å². The van der Waals surface area contributed by atoms with Crippen molar-refractivity contribution < 1.29 is 9.90 Å². The third kappa shape index (κ3) is 5.75. The van der Waals surface area contributed by atoms with Crippen molar-refractivity contribution in [2.24, 2.45) is 0 Å². The topological polar surface area (TPSA) is 73.1 Å². The van der Waals surface area contributed by atoms with E-state index in [0.717, 1.165) is 38.6 Å². The summed E-state index contributed by atoms with van der Waals surface area (Å²) in [6.07, 6.45) is 7.72. The highest BCUT2D eigenvalue weighted by Crippen LogP contribution is 2.34. The molecule has 0 saturated carbocycles. The zero-order chi connectivity index (χ0) is 26.2. The first-order valence-corrected chi connectivity index (χ1v) is 12.1. The van der Waals surface area contributed by atoms with Crippen molar-refractivity contribution in [3.63, 3.8) is 0 Å². The first kappa shape index (κ1) is 25.4. The Balaban J connectivity index is 1.77.